The minimum atomic E-state index is 0.392. The number of halogens is 1. The van der Waals surface area contributed by atoms with Gasteiger partial charge in [0.05, 0.1) is 22.5 Å². The molecule has 0 radical (unpaired) electrons. The number of nitrogens with zero attached hydrogens (tertiary/aromatic N) is 1. The first-order valence-electron chi connectivity index (χ1n) is 6.51. The average molecular weight is 303 g/mol. The minimum absolute atomic E-state index is 0.392. The van der Waals surface area contributed by atoms with Gasteiger partial charge < -0.3 is 5.32 Å². The van der Waals surface area contributed by atoms with Gasteiger partial charge in [0.2, 0.25) is 0 Å². The zero-order chi connectivity index (χ0) is 13.9. The van der Waals surface area contributed by atoms with E-state index < -0.39 is 0 Å². The maximum Gasteiger partial charge on any atom is 0.161 e. The van der Waals surface area contributed by atoms with Gasteiger partial charge in [-0.1, -0.05) is 59.8 Å². The zero-order valence-electron chi connectivity index (χ0n) is 11.1. The molecule has 0 amide bonds. The first-order valence-corrected chi connectivity index (χ1v) is 7.77. The molecule has 0 aromatic heterocycles. The Hall–Kier alpha value is -1.45. The molecular weight excluding hydrogens is 288 g/mol. The summed E-state index contributed by atoms with van der Waals surface area (Å²) in [5.74, 6) is 0. The normalized spacial score (nSPS) is 17.9. The molecule has 0 saturated heterocycles. The Balaban J connectivity index is 1.69. The first kappa shape index (κ1) is 13.5. The van der Waals surface area contributed by atoms with Crippen LogP contribution in [0.4, 0.5) is 5.69 Å². The second-order valence-electron chi connectivity index (χ2n) is 4.77. The van der Waals surface area contributed by atoms with Crippen LogP contribution in [0.3, 0.4) is 0 Å². The topological polar surface area (TPSA) is 24.4 Å². The molecule has 2 aromatic rings. The number of aryl methyl sites for hydroxylation is 1. The van der Waals surface area contributed by atoms with Crippen molar-refractivity contribution in [3.63, 3.8) is 0 Å². The number of hydrogen-bond acceptors (Lipinski definition) is 3. The quantitative estimate of drug-likeness (QED) is 0.853. The summed E-state index contributed by atoms with van der Waals surface area (Å²) >= 11 is 7.99. The Bertz CT molecular complexity index is 640. The summed E-state index contributed by atoms with van der Waals surface area (Å²) < 4.78 is 0. The predicted octanol–water partition coefficient (Wildman–Crippen LogP) is 4.90. The number of amidine groups is 1. The molecule has 0 fully saturated rings. The van der Waals surface area contributed by atoms with Gasteiger partial charge in [-0.15, -0.1) is 0 Å². The summed E-state index contributed by atoms with van der Waals surface area (Å²) in [6.45, 7) is 2.84. The summed E-state index contributed by atoms with van der Waals surface area (Å²) in [7, 11) is 0. The largest absolute Gasteiger partial charge is 0.334 e. The molecule has 3 rings (SSSR count). The maximum atomic E-state index is 6.23. The fraction of sp³-hybridized carbons (Fsp3) is 0.188. The van der Waals surface area contributed by atoms with Crippen molar-refractivity contribution in [3.05, 3.63) is 64.7 Å². The third-order valence-electron chi connectivity index (χ3n) is 3.19. The Morgan fingerprint density at radius 2 is 2.00 bits per heavy atom. The fourth-order valence-corrected chi connectivity index (χ4v) is 3.43. The molecular formula is C16H15ClN2S. The molecule has 1 N–H and O–H groups in total. The van der Waals surface area contributed by atoms with Crippen LogP contribution in [0.5, 0.6) is 0 Å². The van der Waals surface area contributed by atoms with Crippen LogP contribution in [-0.2, 0) is 0 Å². The van der Waals surface area contributed by atoms with Crippen molar-refractivity contribution in [1.82, 2.24) is 0 Å². The molecule has 0 saturated carbocycles. The molecule has 2 nitrogen and oxygen atoms in total. The molecule has 0 bridgehead atoms. The second-order valence-corrected chi connectivity index (χ2v) is 6.37. The standard InChI is InChI=1S/C16H15ClN2S/c1-11-7-8-14(13(17)9-11)19-16-18-10-15(20-16)12-5-3-2-4-6-12/h2-9,15H,10H2,1H3,(H,18,19). The first-order chi connectivity index (χ1) is 9.72. The van der Waals surface area contributed by atoms with Crippen LogP contribution < -0.4 is 5.32 Å². The van der Waals surface area contributed by atoms with E-state index in [-0.39, 0.29) is 0 Å². The molecule has 20 heavy (non-hydrogen) atoms. The number of rotatable bonds is 2. The van der Waals surface area contributed by atoms with Crippen molar-refractivity contribution >= 4 is 34.2 Å². The summed E-state index contributed by atoms with van der Waals surface area (Å²) in [6.07, 6.45) is 0. The second kappa shape index (κ2) is 5.90. The van der Waals surface area contributed by atoms with Crippen LogP contribution in [-0.4, -0.2) is 11.7 Å². The minimum Gasteiger partial charge on any atom is -0.334 e. The van der Waals surface area contributed by atoms with E-state index in [2.05, 4.69) is 34.6 Å². The number of benzene rings is 2. The lowest BCUT2D eigenvalue weighted by molar-refractivity contribution is 0.966. The van der Waals surface area contributed by atoms with Crippen LogP contribution >= 0.6 is 23.4 Å². The van der Waals surface area contributed by atoms with Gasteiger partial charge in [-0.3, -0.25) is 4.99 Å². The van der Waals surface area contributed by atoms with Gasteiger partial charge in [0.25, 0.3) is 0 Å². The van der Waals surface area contributed by atoms with E-state index in [1.165, 1.54) is 5.56 Å². The molecule has 4 heteroatoms. The molecule has 0 aliphatic carbocycles. The lowest BCUT2D eigenvalue weighted by Crippen LogP contribution is -2.05. The van der Waals surface area contributed by atoms with Crippen LogP contribution in [0.2, 0.25) is 5.02 Å². The highest BCUT2D eigenvalue weighted by molar-refractivity contribution is 8.14. The maximum absolute atomic E-state index is 6.23. The zero-order valence-corrected chi connectivity index (χ0v) is 12.7. The number of hydrogen-bond donors (Lipinski definition) is 1. The van der Waals surface area contributed by atoms with Gasteiger partial charge in [-0.25, -0.2) is 0 Å². The van der Waals surface area contributed by atoms with E-state index in [4.69, 9.17) is 11.6 Å². The molecule has 1 heterocycles. The molecule has 0 spiro atoms. The molecule has 1 atom stereocenters. The highest BCUT2D eigenvalue weighted by Gasteiger charge is 2.21. The SMILES string of the molecule is Cc1ccc(NC2=NCC(c3ccccc3)S2)c(Cl)c1. The predicted molar refractivity (Wildman–Crippen MR) is 88.9 cm³/mol. The van der Waals surface area contributed by atoms with Crippen LogP contribution in [0, 0.1) is 6.92 Å². The van der Waals surface area contributed by atoms with Gasteiger partial charge in [0.1, 0.15) is 0 Å². The fourth-order valence-electron chi connectivity index (χ4n) is 2.12. The van der Waals surface area contributed by atoms with Gasteiger partial charge >= 0.3 is 0 Å². The number of thioether (sulfide) groups is 1. The van der Waals surface area contributed by atoms with E-state index in [0.717, 1.165) is 28.0 Å². The number of aliphatic imine (C=N–C) groups is 1. The third kappa shape index (κ3) is 3.00. The Morgan fingerprint density at radius 3 is 2.75 bits per heavy atom. The number of anilines is 1. The van der Waals surface area contributed by atoms with E-state index in [0.29, 0.717) is 5.25 Å². The Labute approximate surface area is 128 Å². The summed E-state index contributed by atoms with van der Waals surface area (Å²) in [4.78, 5) is 4.56. The molecule has 1 aliphatic heterocycles. The van der Waals surface area contributed by atoms with Gasteiger partial charge in [-0.2, -0.15) is 0 Å². The Kier molecular flexibility index (Phi) is 3.99. The molecule has 2 aromatic carbocycles. The summed E-state index contributed by atoms with van der Waals surface area (Å²) in [5.41, 5.74) is 3.38. The van der Waals surface area contributed by atoms with Crippen LogP contribution in [0.15, 0.2) is 53.5 Å². The lowest BCUT2D eigenvalue weighted by atomic mass is 10.1. The average Bonchev–Trinajstić information content (AvgIpc) is 2.92. The molecule has 102 valence electrons. The van der Waals surface area contributed by atoms with E-state index in [1.54, 1.807) is 11.8 Å². The highest BCUT2D eigenvalue weighted by atomic mass is 35.5. The monoisotopic (exact) mass is 302 g/mol. The van der Waals surface area contributed by atoms with Crippen LogP contribution in [0.1, 0.15) is 16.4 Å². The third-order valence-corrected chi connectivity index (χ3v) is 4.67. The lowest BCUT2D eigenvalue weighted by Gasteiger charge is -2.10. The van der Waals surface area contributed by atoms with Crippen molar-refractivity contribution in [3.8, 4) is 0 Å². The van der Waals surface area contributed by atoms with Crippen LogP contribution in [0.25, 0.3) is 0 Å². The van der Waals surface area contributed by atoms with E-state index in [1.807, 2.05) is 31.2 Å². The van der Waals surface area contributed by atoms with Gasteiger partial charge in [-0.05, 0) is 30.2 Å². The van der Waals surface area contributed by atoms with Crippen molar-refractivity contribution in [2.45, 2.75) is 12.2 Å². The summed E-state index contributed by atoms with van der Waals surface area (Å²) in [6, 6.07) is 16.5. The molecule has 1 unspecified atom stereocenters. The number of nitrogens with one attached hydrogen (secondary N) is 1. The van der Waals surface area contributed by atoms with Crippen molar-refractivity contribution < 1.29 is 0 Å². The van der Waals surface area contributed by atoms with Crippen molar-refractivity contribution in [2.75, 3.05) is 11.9 Å². The smallest absolute Gasteiger partial charge is 0.161 e. The summed E-state index contributed by atoms with van der Waals surface area (Å²) in [5, 5.41) is 5.38. The van der Waals surface area contributed by atoms with E-state index in [9.17, 15) is 0 Å². The van der Waals surface area contributed by atoms with Gasteiger partial charge in [0, 0.05) is 0 Å². The van der Waals surface area contributed by atoms with Gasteiger partial charge in [0.15, 0.2) is 5.17 Å². The Morgan fingerprint density at radius 1 is 1.20 bits per heavy atom. The molecule has 1 aliphatic rings. The highest BCUT2D eigenvalue weighted by Crippen LogP contribution is 2.36. The van der Waals surface area contributed by atoms with Crippen molar-refractivity contribution in [1.29, 1.82) is 0 Å². The van der Waals surface area contributed by atoms with E-state index >= 15 is 0 Å². The van der Waals surface area contributed by atoms with Crippen molar-refractivity contribution in [2.24, 2.45) is 4.99 Å².